The molecule has 8 nitrogen and oxygen atoms in total. The van der Waals surface area contributed by atoms with E-state index >= 15 is 0 Å². The summed E-state index contributed by atoms with van der Waals surface area (Å²) in [6.07, 6.45) is 0. The molecule has 1 aliphatic rings. The standard InChI is InChI=1S/C17H13ClN4O4/c18-10-1-3-11(4-2-10)19-16(23)9-22-17(24)12-7-14-15(26-6-5-25-14)8-13(12)20-21-22/h1-4,7-8H,5-6,9H2,(H,19,23). The molecule has 0 bridgehead atoms. The summed E-state index contributed by atoms with van der Waals surface area (Å²) in [6, 6.07) is 9.82. The highest BCUT2D eigenvalue weighted by atomic mass is 35.5. The van der Waals surface area contributed by atoms with Gasteiger partial charge in [0.25, 0.3) is 5.56 Å². The SMILES string of the molecule is O=C(Cn1nnc2cc3c(cc2c1=O)OCCO3)Nc1ccc(Cl)cc1. The van der Waals surface area contributed by atoms with Gasteiger partial charge in [-0.15, -0.1) is 5.10 Å². The first-order chi connectivity index (χ1) is 12.6. The van der Waals surface area contributed by atoms with Gasteiger partial charge in [0.05, 0.1) is 5.39 Å². The van der Waals surface area contributed by atoms with Crippen LogP contribution in [0.15, 0.2) is 41.2 Å². The Kier molecular flexibility index (Phi) is 4.18. The molecule has 26 heavy (non-hydrogen) atoms. The number of aromatic nitrogens is 3. The predicted molar refractivity (Wildman–Crippen MR) is 94.9 cm³/mol. The molecule has 0 spiro atoms. The lowest BCUT2D eigenvalue weighted by Crippen LogP contribution is -2.30. The number of hydrogen-bond donors (Lipinski definition) is 1. The van der Waals surface area contributed by atoms with E-state index in [1.165, 1.54) is 0 Å². The molecule has 0 atom stereocenters. The molecule has 1 N–H and O–H groups in total. The molecule has 3 aromatic rings. The fourth-order valence-corrected chi connectivity index (χ4v) is 2.71. The van der Waals surface area contributed by atoms with Crippen LogP contribution < -0.4 is 20.3 Å². The summed E-state index contributed by atoms with van der Waals surface area (Å²) >= 11 is 5.81. The minimum atomic E-state index is -0.432. The van der Waals surface area contributed by atoms with E-state index in [-0.39, 0.29) is 6.54 Å². The van der Waals surface area contributed by atoms with Gasteiger partial charge < -0.3 is 14.8 Å². The van der Waals surface area contributed by atoms with Gasteiger partial charge in [0, 0.05) is 16.8 Å². The topological polar surface area (TPSA) is 95.3 Å². The molecule has 0 unspecified atom stereocenters. The van der Waals surface area contributed by atoms with E-state index in [1.54, 1.807) is 36.4 Å². The van der Waals surface area contributed by atoms with Crippen molar-refractivity contribution in [1.29, 1.82) is 0 Å². The number of halogens is 1. The van der Waals surface area contributed by atoms with Crippen molar-refractivity contribution < 1.29 is 14.3 Å². The lowest BCUT2D eigenvalue weighted by molar-refractivity contribution is -0.117. The summed E-state index contributed by atoms with van der Waals surface area (Å²) in [5.41, 5.74) is 0.521. The molecular weight excluding hydrogens is 360 g/mol. The Balaban J connectivity index is 1.60. The van der Waals surface area contributed by atoms with Gasteiger partial charge in [0.15, 0.2) is 11.5 Å². The van der Waals surface area contributed by atoms with Crippen LogP contribution in [-0.4, -0.2) is 34.1 Å². The van der Waals surface area contributed by atoms with Crippen molar-refractivity contribution in [3.8, 4) is 11.5 Å². The number of carbonyl (C=O) groups excluding carboxylic acids is 1. The number of amides is 1. The van der Waals surface area contributed by atoms with E-state index in [9.17, 15) is 9.59 Å². The highest BCUT2D eigenvalue weighted by molar-refractivity contribution is 6.30. The van der Waals surface area contributed by atoms with Crippen LogP contribution in [0.1, 0.15) is 0 Å². The summed E-state index contributed by atoms with van der Waals surface area (Å²) in [4.78, 5) is 24.8. The molecule has 0 fully saturated rings. The van der Waals surface area contributed by atoms with Crippen LogP contribution in [-0.2, 0) is 11.3 Å². The maximum absolute atomic E-state index is 12.6. The summed E-state index contributed by atoms with van der Waals surface area (Å²) in [5.74, 6) is 0.599. The van der Waals surface area contributed by atoms with Crippen LogP contribution in [0.3, 0.4) is 0 Å². The van der Waals surface area contributed by atoms with E-state index in [2.05, 4.69) is 15.6 Å². The molecule has 0 saturated carbocycles. The summed E-state index contributed by atoms with van der Waals surface area (Å²) in [5, 5.41) is 11.4. The first-order valence-electron chi connectivity index (χ1n) is 7.83. The second-order valence-corrected chi connectivity index (χ2v) is 6.06. The molecule has 2 aromatic carbocycles. The van der Waals surface area contributed by atoms with Crippen LogP contribution in [0.2, 0.25) is 5.02 Å². The minimum absolute atomic E-state index is 0.265. The van der Waals surface area contributed by atoms with Crippen LogP contribution >= 0.6 is 11.6 Å². The smallest absolute Gasteiger partial charge is 0.278 e. The largest absolute Gasteiger partial charge is 0.486 e. The van der Waals surface area contributed by atoms with Crippen molar-refractivity contribution in [1.82, 2.24) is 15.0 Å². The molecule has 132 valence electrons. The van der Waals surface area contributed by atoms with E-state index in [4.69, 9.17) is 21.1 Å². The van der Waals surface area contributed by atoms with E-state index in [1.807, 2.05) is 0 Å². The Morgan fingerprint density at radius 1 is 1.15 bits per heavy atom. The Labute approximate surface area is 152 Å². The Bertz CT molecular complexity index is 1050. The average molecular weight is 373 g/mol. The number of rotatable bonds is 3. The lowest BCUT2D eigenvalue weighted by Gasteiger charge is -2.18. The van der Waals surface area contributed by atoms with E-state index in [0.717, 1.165) is 4.68 Å². The van der Waals surface area contributed by atoms with Gasteiger partial charge in [0.1, 0.15) is 25.3 Å². The fourth-order valence-electron chi connectivity index (χ4n) is 2.59. The molecule has 0 aliphatic carbocycles. The number of nitrogens with one attached hydrogen (secondary N) is 1. The number of nitrogens with zero attached hydrogens (tertiary/aromatic N) is 3. The lowest BCUT2D eigenvalue weighted by atomic mass is 10.2. The third-order valence-corrected chi connectivity index (χ3v) is 4.06. The third-order valence-electron chi connectivity index (χ3n) is 3.81. The van der Waals surface area contributed by atoms with Gasteiger partial charge in [-0.2, -0.15) is 0 Å². The molecule has 0 radical (unpaired) electrons. The quantitative estimate of drug-likeness (QED) is 0.754. The van der Waals surface area contributed by atoms with E-state index < -0.39 is 11.5 Å². The van der Waals surface area contributed by atoms with Gasteiger partial charge in [-0.05, 0) is 30.3 Å². The third kappa shape index (κ3) is 3.18. The van der Waals surface area contributed by atoms with Gasteiger partial charge >= 0.3 is 0 Å². The first-order valence-corrected chi connectivity index (χ1v) is 8.20. The van der Waals surface area contributed by atoms with Crippen molar-refractivity contribution in [3.63, 3.8) is 0 Å². The number of anilines is 1. The highest BCUT2D eigenvalue weighted by Gasteiger charge is 2.17. The Morgan fingerprint density at radius 3 is 2.58 bits per heavy atom. The van der Waals surface area contributed by atoms with Crippen LogP contribution in [0.25, 0.3) is 10.9 Å². The minimum Gasteiger partial charge on any atom is -0.486 e. The maximum Gasteiger partial charge on any atom is 0.278 e. The molecule has 1 amide bonds. The van der Waals surface area contributed by atoms with E-state index in [0.29, 0.717) is 46.3 Å². The Hall–Kier alpha value is -3.13. The number of fused-ring (bicyclic) bond motifs is 2. The van der Waals surface area contributed by atoms with Gasteiger partial charge in [0.2, 0.25) is 5.91 Å². The van der Waals surface area contributed by atoms with Gasteiger partial charge in [-0.1, -0.05) is 16.8 Å². The first kappa shape index (κ1) is 16.3. The Morgan fingerprint density at radius 2 is 1.85 bits per heavy atom. The number of ether oxygens (including phenoxy) is 2. The van der Waals surface area contributed by atoms with Crippen LogP contribution in [0, 0.1) is 0 Å². The second-order valence-electron chi connectivity index (χ2n) is 5.62. The molecule has 4 rings (SSSR count). The zero-order valence-corrected chi connectivity index (χ0v) is 14.2. The molecule has 1 aliphatic heterocycles. The number of benzene rings is 2. The molecule has 1 aromatic heterocycles. The normalized spacial score (nSPS) is 12.8. The van der Waals surface area contributed by atoms with Crippen molar-refractivity contribution >= 4 is 34.1 Å². The summed E-state index contributed by atoms with van der Waals surface area (Å²) in [6.45, 7) is 0.585. The predicted octanol–water partition coefficient (Wildman–Crippen LogP) is 1.85. The van der Waals surface area contributed by atoms with Crippen molar-refractivity contribution in [3.05, 3.63) is 51.8 Å². The van der Waals surface area contributed by atoms with Crippen LogP contribution in [0.4, 0.5) is 5.69 Å². The molecular formula is C17H13ClN4O4. The van der Waals surface area contributed by atoms with Crippen LogP contribution in [0.5, 0.6) is 11.5 Å². The monoisotopic (exact) mass is 372 g/mol. The van der Waals surface area contributed by atoms with Crippen molar-refractivity contribution in [2.24, 2.45) is 0 Å². The number of hydrogen-bond acceptors (Lipinski definition) is 6. The zero-order chi connectivity index (χ0) is 18.1. The highest BCUT2D eigenvalue weighted by Crippen LogP contribution is 2.32. The van der Waals surface area contributed by atoms with Crippen molar-refractivity contribution in [2.75, 3.05) is 18.5 Å². The molecule has 9 heteroatoms. The second kappa shape index (κ2) is 6.64. The number of carbonyl (C=O) groups is 1. The van der Waals surface area contributed by atoms with Gasteiger partial charge in [-0.25, -0.2) is 4.68 Å². The summed E-state index contributed by atoms with van der Waals surface area (Å²) in [7, 11) is 0. The zero-order valence-electron chi connectivity index (χ0n) is 13.4. The molecule has 0 saturated heterocycles. The fraction of sp³-hybridized carbons (Fsp3) is 0.176. The maximum atomic E-state index is 12.6. The van der Waals surface area contributed by atoms with Crippen molar-refractivity contribution in [2.45, 2.75) is 6.54 Å². The summed E-state index contributed by atoms with van der Waals surface area (Å²) < 4.78 is 12.0. The van der Waals surface area contributed by atoms with Gasteiger partial charge in [-0.3, -0.25) is 9.59 Å². The molecule has 2 heterocycles. The average Bonchev–Trinajstić information content (AvgIpc) is 2.65.